The Morgan fingerprint density at radius 1 is 0.463 bits per heavy atom. The predicted octanol–water partition coefficient (Wildman–Crippen LogP) is 9.53. The maximum Gasteiger partial charge on any atom is 0.417 e. The topological polar surface area (TPSA) is 112 Å². The second-order valence-corrected chi connectivity index (χ2v) is 14.6. The number of esters is 2. The van der Waals surface area contributed by atoms with Crippen molar-refractivity contribution in [2.45, 2.75) is 64.5 Å². The van der Waals surface area contributed by atoms with E-state index in [2.05, 4.69) is 0 Å². The molecule has 0 saturated heterocycles. The molecule has 2 unspecified atom stereocenters. The van der Waals surface area contributed by atoms with Crippen molar-refractivity contribution in [3.63, 3.8) is 0 Å². The van der Waals surface area contributed by atoms with Gasteiger partial charge in [0.25, 0.3) is 0 Å². The Labute approximate surface area is 316 Å². The molecule has 3 saturated carbocycles. The van der Waals surface area contributed by atoms with Crippen LogP contribution in [0.2, 0.25) is 0 Å². The van der Waals surface area contributed by atoms with Crippen LogP contribution in [0.15, 0.2) is 109 Å². The van der Waals surface area contributed by atoms with E-state index >= 15 is 0 Å². The highest BCUT2D eigenvalue weighted by molar-refractivity contribution is 5.93. The molecule has 0 bridgehead atoms. The molecule has 4 aromatic carbocycles. The molecule has 7 rings (SSSR count). The van der Waals surface area contributed by atoms with Crippen molar-refractivity contribution in [2.24, 2.45) is 23.7 Å². The zero-order valence-electron chi connectivity index (χ0n) is 30.3. The molecule has 2 atom stereocenters. The van der Waals surface area contributed by atoms with Gasteiger partial charge in [0, 0.05) is 26.2 Å². The summed E-state index contributed by atoms with van der Waals surface area (Å²) in [4.78, 5) is 56.6. The summed E-state index contributed by atoms with van der Waals surface area (Å²) in [6, 6.07) is 33.9. The van der Waals surface area contributed by atoms with Gasteiger partial charge in [0.15, 0.2) is 0 Å². The van der Waals surface area contributed by atoms with E-state index in [0.717, 1.165) is 61.2 Å². The highest BCUT2D eigenvalue weighted by Gasteiger charge is 2.45. The summed E-state index contributed by atoms with van der Waals surface area (Å²) >= 11 is 0. The number of rotatable bonds is 14. The maximum atomic E-state index is 13.4. The fourth-order valence-electron chi connectivity index (χ4n) is 6.91. The Kier molecular flexibility index (Phi) is 11.9. The lowest BCUT2D eigenvalue weighted by Crippen LogP contribution is -2.45. The number of amides is 2. The molecule has 0 aliphatic heterocycles. The van der Waals surface area contributed by atoms with Gasteiger partial charge in [0.2, 0.25) is 0 Å². The van der Waals surface area contributed by atoms with Crippen molar-refractivity contribution in [1.82, 2.24) is 9.80 Å². The van der Waals surface area contributed by atoms with Crippen LogP contribution >= 0.6 is 0 Å². The van der Waals surface area contributed by atoms with Crippen LogP contribution in [-0.4, -0.2) is 47.0 Å². The van der Waals surface area contributed by atoms with E-state index in [0.29, 0.717) is 49.3 Å². The number of carbonyl (C=O) groups excluding carboxylic acids is 4. The van der Waals surface area contributed by atoms with Gasteiger partial charge in [-0.1, -0.05) is 73.5 Å². The van der Waals surface area contributed by atoms with Crippen LogP contribution in [0.25, 0.3) is 0 Å². The molecule has 280 valence electrons. The molecule has 10 nitrogen and oxygen atoms in total. The summed E-state index contributed by atoms with van der Waals surface area (Å²) in [5.41, 5.74) is 1.73. The van der Waals surface area contributed by atoms with E-state index in [1.54, 1.807) is 9.80 Å². The zero-order chi connectivity index (χ0) is 37.3. The Morgan fingerprint density at radius 3 is 1.13 bits per heavy atom. The molecule has 0 N–H and O–H groups in total. The van der Waals surface area contributed by atoms with Crippen molar-refractivity contribution in [3.8, 4) is 23.0 Å². The average Bonchev–Trinajstić information content (AvgIpc) is 3.12. The number of nitrogens with zero attached hydrogens (tertiary/aromatic N) is 2. The van der Waals surface area contributed by atoms with E-state index in [1.807, 2.05) is 109 Å². The molecular formula is C44H46N2O8. The summed E-state index contributed by atoms with van der Waals surface area (Å²) in [5, 5.41) is 0. The van der Waals surface area contributed by atoms with Crippen molar-refractivity contribution < 1.29 is 38.1 Å². The van der Waals surface area contributed by atoms with Crippen LogP contribution in [0.5, 0.6) is 23.0 Å². The zero-order valence-corrected chi connectivity index (χ0v) is 30.3. The SMILES string of the molecule is O=C(OC(=O)N(Cc1ccc(Oc2ccccc2)cc1)CC1CCC1)C1CCC1C(=O)OC(=O)N(Cc1ccc(Oc2ccccc2)cc1)CC1CCC1. The Bertz CT molecular complexity index is 1740. The first-order valence-electron chi connectivity index (χ1n) is 19.0. The summed E-state index contributed by atoms with van der Waals surface area (Å²) in [7, 11) is 0. The maximum absolute atomic E-state index is 13.4. The number of benzene rings is 4. The molecule has 3 aliphatic rings. The average molecular weight is 731 g/mol. The van der Waals surface area contributed by atoms with Crippen molar-refractivity contribution in [2.75, 3.05) is 13.1 Å². The lowest BCUT2D eigenvalue weighted by Gasteiger charge is -2.35. The van der Waals surface area contributed by atoms with Gasteiger partial charge in [0.05, 0.1) is 11.8 Å². The number of para-hydroxylation sites is 2. The quantitative estimate of drug-likeness (QED) is 0.0932. The van der Waals surface area contributed by atoms with Gasteiger partial charge in [-0.3, -0.25) is 9.59 Å². The fraction of sp³-hybridized carbons (Fsp3) is 0.364. The fourth-order valence-corrected chi connectivity index (χ4v) is 6.91. The minimum absolute atomic E-state index is 0.262. The Morgan fingerprint density at radius 2 is 0.815 bits per heavy atom. The van der Waals surface area contributed by atoms with Crippen LogP contribution < -0.4 is 9.47 Å². The van der Waals surface area contributed by atoms with Gasteiger partial charge in [-0.25, -0.2) is 9.59 Å². The van der Waals surface area contributed by atoms with Crippen LogP contribution in [0.1, 0.15) is 62.5 Å². The number of hydrogen-bond acceptors (Lipinski definition) is 8. The molecule has 2 amide bonds. The van der Waals surface area contributed by atoms with Crippen LogP contribution in [0.4, 0.5) is 9.59 Å². The monoisotopic (exact) mass is 730 g/mol. The first kappa shape index (κ1) is 36.7. The molecular weight excluding hydrogens is 684 g/mol. The van der Waals surface area contributed by atoms with E-state index in [1.165, 1.54) is 0 Å². The lowest BCUT2D eigenvalue weighted by molar-refractivity contribution is -0.161. The first-order valence-corrected chi connectivity index (χ1v) is 19.0. The predicted molar refractivity (Wildman–Crippen MR) is 201 cm³/mol. The molecule has 54 heavy (non-hydrogen) atoms. The largest absolute Gasteiger partial charge is 0.457 e. The smallest absolute Gasteiger partial charge is 0.417 e. The van der Waals surface area contributed by atoms with Crippen LogP contribution in [0, 0.1) is 23.7 Å². The second-order valence-electron chi connectivity index (χ2n) is 14.6. The highest BCUT2D eigenvalue weighted by atomic mass is 16.6. The van der Waals surface area contributed by atoms with E-state index < -0.39 is 36.0 Å². The Hall–Kier alpha value is -5.64. The van der Waals surface area contributed by atoms with Gasteiger partial charge < -0.3 is 28.7 Å². The molecule has 0 radical (unpaired) electrons. The molecule has 4 aromatic rings. The summed E-state index contributed by atoms with van der Waals surface area (Å²) < 4.78 is 22.6. The highest BCUT2D eigenvalue weighted by Crippen LogP contribution is 2.37. The number of ether oxygens (including phenoxy) is 4. The van der Waals surface area contributed by atoms with Crippen LogP contribution in [-0.2, 0) is 32.2 Å². The molecule has 0 aromatic heterocycles. The van der Waals surface area contributed by atoms with E-state index in [4.69, 9.17) is 18.9 Å². The third-order valence-corrected chi connectivity index (χ3v) is 10.7. The first-order chi connectivity index (χ1) is 26.4. The van der Waals surface area contributed by atoms with Gasteiger partial charge in [-0.15, -0.1) is 0 Å². The molecule has 0 spiro atoms. The van der Waals surface area contributed by atoms with Crippen LogP contribution in [0.3, 0.4) is 0 Å². The molecule has 3 aliphatic carbocycles. The van der Waals surface area contributed by atoms with Gasteiger partial charge in [-0.2, -0.15) is 0 Å². The van der Waals surface area contributed by atoms with Crippen molar-refractivity contribution in [1.29, 1.82) is 0 Å². The number of hydrogen-bond donors (Lipinski definition) is 0. The third kappa shape index (κ3) is 9.66. The summed E-state index contributed by atoms with van der Waals surface area (Å²) in [6.45, 7) is 1.47. The van der Waals surface area contributed by atoms with Gasteiger partial charge in [0.1, 0.15) is 23.0 Å². The molecule has 10 heteroatoms. The third-order valence-electron chi connectivity index (χ3n) is 10.7. The normalized spacial score (nSPS) is 17.9. The minimum atomic E-state index is -0.855. The standard InChI is InChI=1S/C44H46N2O8/c47-41(53-43(49)45(27-31-9-7-10-31)29-33-17-21-37(22-18-33)51-35-13-3-1-4-14-35)39-25-26-40(39)42(48)54-44(50)46(28-32-11-8-12-32)30-34-19-23-38(24-20-34)52-36-15-5-2-6-16-36/h1-6,13-24,31-32,39-40H,7-12,25-30H2. The molecule has 0 heterocycles. The van der Waals surface area contributed by atoms with Gasteiger partial charge >= 0.3 is 24.1 Å². The van der Waals surface area contributed by atoms with Crippen molar-refractivity contribution >= 4 is 24.1 Å². The Balaban J connectivity index is 0.929. The van der Waals surface area contributed by atoms with Crippen molar-refractivity contribution in [3.05, 3.63) is 120 Å². The minimum Gasteiger partial charge on any atom is -0.457 e. The van der Waals surface area contributed by atoms with E-state index in [9.17, 15) is 19.2 Å². The number of carbonyl (C=O) groups is 4. The summed E-state index contributed by atoms with van der Waals surface area (Å²) in [6.07, 6.45) is 5.53. The van der Waals surface area contributed by atoms with Gasteiger partial charge in [-0.05, 0) is 110 Å². The van der Waals surface area contributed by atoms with E-state index in [-0.39, 0.29) is 13.1 Å². The molecule has 3 fully saturated rings. The lowest BCUT2D eigenvalue weighted by atomic mass is 9.74. The summed E-state index contributed by atoms with van der Waals surface area (Å²) in [5.74, 6) is 0.229. The second kappa shape index (κ2) is 17.5.